The van der Waals surface area contributed by atoms with E-state index in [1.165, 1.54) is 44.2 Å². The number of rotatable bonds is 3. The lowest BCUT2D eigenvalue weighted by atomic mass is 9.81. The van der Waals surface area contributed by atoms with Gasteiger partial charge in [0, 0.05) is 37.3 Å². The maximum Gasteiger partial charge on any atom is 0.251 e. The number of nitrogens with one attached hydrogen (secondary N) is 2. The Morgan fingerprint density at radius 3 is 2.45 bits per heavy atom. The predicted octanol–water partition coefficient (Wildman–Crippen LogP) is 1.69. The van der Waals surface area contributed by atoms with Crippen molar-refractivity contribution in [3.05, 3.63) is 35.6 Å². The molecule has 0 spiro atoms. The smallest absolute Gasteiger partial charge is 0.251 e. The molecule has 1 aliphatic carbocycles. The highest BCUT2D eigenvalue weighted by molar-refractivity contribution is 5.94. The molecule has 2 saturated heterocycles. The van der Waals surface area contributed by atoms with Crippen molar-refractivity contribution < 1.29 is 14.1 Å². The molecule has 2 bridgehead atoms. The largest absolute Gasteiger partial charge is 0.349 e. The molecule has 2 N–H and O–H groups in total. The fourth-order valence-electron chi connectivity index (χ4n) is 4.67. The number of hydrogen-bond donors (Lipinski definition) is 2. The molecule has 3 aliphatic rings. The summed E-state index contributed by atoms with van der Waals surface area (Å²) in [6.45, 7) is 0. The van der Waals surface area contributed by atoms with Crippen molar-refractivity contribution in [2.24, 2.45) is 0 Å². The maximum absolute atomic E-state index is 13.3. The van der Waals surface area contributed by atoms with Crippen LogP contribution in [-0.2, 0) is 0 Å². The highest BCUT2D eigenvalue weighted by Crippen LogP contribution is 2.27. The topological polar surface area (TPSA) is 33.5 Å². The molecule has 3 nitrogen and oxygen atoms in total. The minimum atomic E-state index is -0.350. The Morgan fingerprint density at radius 2 is 1.82 bits per heavy atom. The number of amides is 1. The highest BCUT2D eigenvalue weighted by Gasteiger charge is 2.48. The molecule has 1 aromatic rings. The fourth-order valence-corrected chi connectivity index (χ4v) is 4.67. The summed E-state index contributed by atoms with van der Waals surface area (Å²) in [5.74, 6) is -0.477. The van der Waals surface area contributed by atoms with Gasteiger partial charge in [-0.15, -0.1) is 0 Å². The Morgan fingerprint density at radius 1 is 1.09 bits per heavy atom. The van der Waals surface area contributed by atoms with Crippen LogP contribution >= 0.6 is 0 Å². The Bertz CT molecular complexity index is 558. The van der Waals surface area contributed by atoms with E-state index in [0.717, 1.165) is 31.0 Å². The van der Waals surface area contributed by atoms with Crippen molar-refractivity contribution in [3.8, 4) is 0 Å². The second-order valence-electron chi connectivity index (χ2n) is 7.25. The lowest BCUT2D eigenvalue weighted by Gasteiger charge is -2.46. The SMILES string of the molecule is O=C(NC1C[C@H]2CCC[C@H](C1)[NH+]2C1CC1)c1cccc(F)c1. The summed E-state index contributed by atoms with van der Waals surface area (Å²) in [7, 11) is 0. The molecular weight excluding hydrogens is 279 g/mol. The first kappa shape index (κ1) is 14.2. The maximum atomic E-state index is 13.3. The Hall–Kier alpha value is -1.42. The lowest BCUT2D eigenvalue weighted by Crippen LogP contribution is -3.22. The predicted molar refractivity (Wildman–Crippen MR) is 82.3 cm³/mol. The molecule has 1 amide bonds. The molecule has 1 saturated carbocycles. The van der Waals surface area contributed by atoms with Crippen LogP contribution < -0.4 is 10.2 Å². The van der Waals surface area contributed by atoms with Crippen LogP contribution in [0.4, 0.5) is 4.39 Å². The number of benzene rings is 1. The number of quaternary nitrogens is 1. The van der Waals surface area contributed by atoms with Gasteiger partial charge in [0.1, 0.15) is 5.82 Å². The van der Waals surface area contributed by atoms with Crippen LogP contribution in [0.2, 0.25) is 0 Å². The standard InChI is InChI=1S/C18H23FN2O/c19-13-4-1-3-12(9-13)18(22)20-14-10-16-5-2-6-17(11-14)21(16)15-7-8-15/h1,3-4,9,14-17H,2,5-8,10-11H2,(H,20,22)/p+1/t16-,17-/m1/s1. The first-order valence-corrected chi connectivity index (χ1v) is 8.64. The molecule has 4 heteroatoms. The number of hydrogen-bond acceptors (Lipinski definition) is 1. The average Bonchev–Trinajstić information content (AvgIpc) is 3.31. The van der Waals surface area contributed by atoms with E-state index < -0.39 is 0 Å². The van der Waals surface area contributed by atoms with Gasteiger partial charge in [-0.1, -0.05) is 6.07 Å². The summed E-state index contributed by atoms with van der Waals surface area (Å²) in [4.78, 5) is 14.2. The van der Waals surface area contributed by atoms with Crippen molar-refractivity contribution in [1.29, 1.82) is 0 Å². The van der Waals surface area contributed by atoms with Gasteiger partial charge in [0.2, 0.25) is 0 Å². The molecule has 118 valence electrons. The van der Waals surface area contributed by atoms with E-state index in [1.54, 1.807) is 12.1 Å². The zero-order chi connectivity index (χ0) is 15.1. The van der Waals surface area contributed by atoms with E-state index in [2.05, 4.69) is 5.32 Å². The molecule has 4 rings (SSSR count). The number of carbonyl (C=O) groups is 1. The van der Waals surface area contributed by atoms with Gasteiger partial charge >= 0.3 is 0 Å². The molecule has 22 heavy (non-hydrogen) atoms. The molecule has 2 aliphatic heterocycles. The summed E-state index contributed by atoms with van der Waals surface area (Å²) in [5.41, 5.74) is 0.433. The minimum absolute atomic E-state index is 0.127. The van der Waals surface area contributed by atoms with Crippen molar-refractivity contribution in [3.63, 3.8) is 0 Å². The third-order valence-electron chi connectivity index (χ3n) is 5.66. The molecule has 0 unspecified atom stereocenters. The molecule has 2 heterocycles. The Kier molecular flexibility index (Phi) is 3.65. The first-order chi connectivity index (χ1) is 10.7. The Labute approximate surface area is 130 Å². The van der Waals surface area contributed by atoms with E-state index in [1.807, 2.05) is 4.90 Å². The number of fused-ring (bicyclic) bond motifs is 2. The van der Waals surface area contributed by atoms with Gasteiger partial charge in [0.25, 0.3) is 5.91 Å². The van der Waals surface area contributed by atoms with Gasteiger partial charge in [-0.3, -0.25) is 4.79 Å². The van der Waals surface area contributed by atoms with Gasteiger partial charge in [-0.2, -0.15) is 0 Å². The molecular formula is C18H24FN2O+. The third kappa shape index (κ3) is 2.76. The molecule has 0 radical (unpaired) electrons. The fraction of sp³-hybridized carbons (Fsp3) is 0.611. The minimum Gasteiger partial charge on any atom is -0.349 e. The van der Waals surface area contributed by atoms with Gasteiger partial charge < -0.3 is 10.2 Å². The molecule has 2 atom stereocenters. The zero-order valence-corrected chi connectivity index (χ0v) is 12.9. The zero-order valence-electron chi connectivity index (χ0n) is 12.9. The molecule has 0 aromatic heterocycles. The van der Waals surface area contributed by atoms with Crippen LogP contribution in [0.25, 0.3) is 0 Å². The summed E-state index contributed by atoms with van der Waals surface area (Å²) in [6, 6.07) is 8.57. The van der Waals surface area contributed by atoms with E-state index in [0.29, 0.717) is 5.56 Å². The monoisotopic (exact) mass is 303 g/mol. The van der Waals surface area contributed by atoms with Crippen molar-refractivity contribution in [1.82, 2.24) is 5.32 Å². The summed E-state index contributed by atoms with van der Waals surface area (Å²) >= 11 is 0. The van der Waals surface area contributed by atoms with Crippen molar-refractivity contribution in [2.45, 2.75) is 69.1 Å². The summed E-state index contributed by atoms with van der Waals surface area (Å²) < 4.78 is 13.3. The van der Waals surface area contributed by atoms with E-state index in [-0.39, 0.29) is 17.8 Å². The number of halogens is 1. The quantitative estimate of drug-likeness (QED) is 0.875. The van der Waals surface area contributed by atoms with Gasteiger partial charge in [0.15, 0.2) is 0 Å². The van der Waals surface area contributed by atoms with Crippen LogP contribution in [0.3, 0.4) is 0 Å². The van der Waals surface area contributed by atoms with Gasteiger partial charge in [-0.25, -0.2) is 4.39 Å². The normalized spacial score (nSPS) is 34.2. The summed E-state index contributed by atoms with van der Waals surface area (Å²) in [5, 5.41) is 3.15. The van der Waals surface area contributed by atoms with Crippen LogP contribution in [0.5, 0.6) is 0 Å². The van der Waals surface area contributed by atoms with Crippen LogP contribution in [0.1, 0.15) is 55.3 Å². The lowest BCUT2D eigenvalue weighted by molar-refractivity contribution is -0.971. The first-order valence-electron chi connectivity index (χ1n) is 8.64. The molecule has 1 aromatic carbocycles. The molecule has 3 fully saturated rings. The van der Waals surface area contributed by atoms with Crippen LogP contribution in [0.15, 0.2) is 24.3 Å². The second-order valence-corrected chi connectivity index (χ2v) is 7.25. The van der Waals surface area contributed by atoms with Gasteiger partial charge in [-0.05, 0) is 37.5 Å². The highest BCUT2D eigenvalue weighted by atomic mass is 19.1. The second kappa shape index (κ2) is 5.65. The van der Waals surface area contributed by atoms with E-state index in [4.69, 9.17) is 0 Å². The van der Waals surface area contributed by atoms with E-state index >= 15 is 0 Å². The third-order valence-corrected chi connectivity index (χ3v) is 5.66. The van der Waals surface area contributed by atoms with Crippen LogP contribution in [0, 0.1) is 5.82 Å². The number of piperidine rings is 2. The average molecular weight is 303 g/mol. The van der Waals surface area contributed by atoms with E-state index in [9.17, 15) is 9.18 Å². The Balaban J connectivity index is 1.43. The summed E-state index contributed by atoms with van der Waals surface area (Å²) in [6.07, 6.45) is 8.90. The van der Waals surface area contributed by atoms with Crippen LogP contribution in [-0.4, -0.2) is 30.1 Å². The van der Waals surface area contributed by atoms with Gasteiger partial charge in [0.05, 0.1) is 18.1 Å². The van der Waals surface area contributed by atoms with Crippen molar-refractivity contribution in [2.75, 3.05) is 0 Å². The number of carbonyl (C=O) groups excluding carboxylic acids is 1. The van der Waals surface area contributed by atoms with Crippen molar-refractivity contribution >= 4 is 5.91 Å².